The predicted octanol–water partition coefficient (Wildman–Crippen LogP) is 3.68. The summed E-state index contributed by atoms with van der Waals surface area (Å²) in [7, 11) is 1.63. The molecule has 8 nitrogen and oxygen atoms in total. The Morgan fingerprint density at radius 2 is 1.69 bits per heavy atom. The number of ether oxygens (including phenoxy) is 2. The van der Waals surface area contributed by atoms with E-state index in [0.29, 0.717) is 30.5 Å². The molecule has 3 N–H and O–H groups in total. The van der Waals surface area contributed by atoms with Crippen LogP contribution in [0.15, 0.2) is 60.9 Å². The molecule has 1 amide bonds. The first-order chi connectivity index (χ1) is 14.1. The molecule has 0 atom stereocenters. The quantitative estimate of drug-likeness (QED) is 0.477. The lowest BCUT2D eigenvalue weighted by Crippen LogP contribution is -2.12. The molecule has 1 aromatic heterocycles. The molecular weight excluding hydrogens is 370 g/mol. The standard InChI is InChI=1S/C21H23N5O3/c1-15(27)25-16-4-3-5-17(12-16)26-21-13-20(23-14-24-21)22-10-11-29-19-8-6-18(28-2)7-9-19/h3-9,12-14H,10-11H2,1-2H3,(H,25,27)(H2,22,23,24,26). The van der Waals surface area contributed by atoms with Gasteiger partial charge in [0.15, 0.2) is 0 Å². The highest BCUT2D eigenvalue weighted by Gasteiger charge is 2.02. The molecule has 0 saturated heterocycles. The summed E-state index contributed by atoms with van der Waals surface area (Å²) in [4.78, 5) is 19.6. The minimum Gasteiger partial charge on any atom is -0.497 e. The monoisotopic (exact) mass is 393 g/mol. The van der Waals surface area contributed by atoms with Gasteiger partial charge in [0, 0.05) is 24.4 Å². The predicted molar refractivity (Wildman–Crippen MR) is 113 cm³/mol. The number of hydrogen-bond donors (Lipinski definition) is 3. The second kappa shape index (κ2) is 9.93. The van der Waals surface area contributed by atoms with Crippen molar-refractivity contribution in [3.63, 3.8) is 0 Å². The number of hydrogen-bond acceptors (Lipinski definition) is 7. The van der Waals surface area contributed by atoms with E-state index < -0.39 is 0 Å². The number of amides is 1. The highest BCUT2D eigenvalue weighted by molar-refractivity contribution is 5.89. The van der Waals surface area contributed by atoms with Crippen LogP contribution in [0.2, 0.25) is 0 Å². The minimum absolute atomic E-state index is 0.118. The molecule has 1 heterocycles. The molecule has 8 heteroatoms. The summed E-state index contributed by atoms with van der Waals surface area (Å²) in [5, 5.41) is 9.15. The maximum Gasteiger partial charge on any atom is 0.221 e. The van der Waals surface area contributed by atoms with Gasteiger partial charge in [-0.2, -0.15) is 0 Å². The highest BCUT2D eigenvalue weighted by atomic mass is 16.5. The first-order valence-electron chi connectivity index (χ1n) is 9.10. The van der Waals surface area contributed by atoms with Crippen LogP contribution >= 0.6 is 0 Å². The number of aromatic nitrogens is 2. The van der Waals surface area contributed by atoms with Gasteiger partial charge in [-0.1, -0.05) is 6.07 Å². The van der Waals surface area contributed by atoms with Crippen molar-refractivity contribution in [2.75, 3.05) is 36.2 Å². The number of carbonyl (C=O) groups excluding carboxylic acids is 1. The van der Waals surface area contributed by atoms with Crippen molar-refractivity contribution < 1.29 is 14.3 Å². The molecular formula is C21H23N5O3. The van der Waals surface area contributed by atoms with Gasteiger partial charge in [-0.15, -0.1) is 0 Å². The van der Waals surface area contributed by atoms with Crippen LogP contribution in [0, 0.1) is 0 Å². The maximum absolute atomic E-state index is 11.2. The lowest BCUT2D eigenvalue weighted by Gasteiger charge is -2.11. The van der Waals surface area contributed by atoms with Crippen LogP contribution < -0.4 is 25.4 Å². The van der Waals surface area contributed by atoms with Crippen LogP contribution in [-0.4, -0.2) is 36.1 Å². The zero-order valence-electron chi connectivity index (χ0n) is 16.3. The number of nitrogens with zero attached hydrogens (tertiary/aromatic N) is 2. The lowest BCUT2D eigenvalue weighted by molar-refractivity contribution is -0.114. The van der Waals surface area contributed by atoms with Gasteiger partial charge in [0.25, 0.3) is 0 Å². The molecule has 0 fully saturated rings. The molecule has 0 aliphatic carbocycles. The third-order valence-corrected chi connectivity index (χ3v) is 3.86. The van der Waals surface area contributed by atoms with Gasteiger partial charge in [-0.3, -0.25) is 4.79 Å². The Morgan fingerprint density at radius 1 is 0.966 bits per heavy atom. The summed E-state index contributed by atoms with van der Waals surface area (Å²) in [6.45, 7) is 2.54. The van der Waals surface area contributed by atoms with Crippen LogP contribution in [0.25, 0.3) is 0 Å². The molecule has 0 unspecified atom stereocenters. The van der Waals surface area contributed by atoms with Crippen molar-refractivity contribution in [3.8, 4) is 11.5 Å². The Morgan fingerprint density at radius 3 is 2.45 bits per heavy atom. The van der Waals surface area contributed by atoms with Gasteiger partial charge >= 0.3 is 0 Å². The third-order valence-electron chi connectivity index (χ3n) is 3.86. The van der Waals surface area contributed by atoms with E-state index in [-0.39, 0.29) is 5.91 Å². The van der Waals surface area contributed by atoms with E-state index in [2.05, 4.69) is 25.9 Å². The van der Waals surface area contributed by atoms with Crippen LogP contribution in [0.3, 0.4) is 0 Å². The average molecular weight is 393 g/mol. The molecule has 0 aliphatic heterocycles. The number of rotatable bonds is 9. The first kappa shape index (κ1) is 19.9. The smallest absolute Gasteiger partial charge is 0.221 e. The van der Waals surface area contributed by atoms with Gasteiger partial charge < -0.3 is 25.4 Å². The van der Waals surface area contributed by atoms with Gasteiger partial charge in [-0.05, 0) is 42.5 Å². The van der Waals surface area contributed by atoms with Crippen LogP contribution in [-0.2, 0) is 4.79 Å². The third kappa shape index (κ3) is 6.39. The topological polar surface area (TPSA) is 97.4 Å². The lowest BCUT2D eigenvalue weighted by atomic mass is 10.2. The molecule has 2 aromatic carbocycles. The van der Waals surface area contributed by atoms with Crippen molar-refractivity contribution in [3.05, 3.63) is 60.9 Å². The number of carbonyl (C=O) groups is 1. The van der Waals surface area contributed by atoms with E-state index in [1.165, 1.54) is 13.3 Å². The largest absolute Gasteiger partial charge is 0.497 e. The van der Waals surface area contributed by atoms with Crippen molar-refractivity contribution in [2.24, 2.45) is 0 Å². The Hall–Kier alpha value is -3.81. The van der Waals surface area contributed by atoms with Crippen molar-refractivity contribution >= 4 is 28.9 Å². The SMILES string of the molecule is COc1ccc(OCCNc2cc(Nc3cccc(NC(C)=O)c3)ncn2)cc1. The Labute approximate surface area is 169 Å². The summed E-state index contributed by atoms with van der Waals surface area (Å²) >= 11 is 0. The van der Waals surface area contributed by atoms with Gasteiger partial charge in [0.2, 0.25) is 5.91 Å². The van der Waals surface area contributed by atoms with E-state index in [0.717, 1.165) is 17.2 Å². The highest BCUT2D eigenvalue weighted by Crippen LogP contribution is 2.20. The fraction of sp³-hybridized carbons (Fsp3) is 0.190. The van der Waals surface area contributed by atoms with E-state index >= 15 is 0 Å². The zero-order chi connectivity index (χ0) is 20.5. The Kier molecular flexibility index (Phi) is 6.83. The number of benzene rings is 2. The van der Waals surface area contributed by atoms with Gasteiger partial charge in [0.05, 0.1) is 13.7 Å². The number of nitrogens with one attached hydrogen (secondary N) is 3. The summed E-state index contributed by atoms with van der Waals surface area (Å²) < 4.78 is 10.8. The summed E-state index contributed by atoms with van der Waals surface area (Å²) in [6, 6.07) is 16.6. The normalized spacial score (nSPS) is 10.1. The molecule has 29 heavy (non-hydrogen) atoms. The van der Waals surface area contributed by atoms with E-state index in [9.17, 15) is 4.79 Å². The van der Waals surface area contributed by atoms with E-state index in [1.807, 2.05) is 48.5 Å². The molecule has 0 aliphatic rings. The van der Waals surface area contributed by atoms with Gasteiger partial charge in [-0.25, -0.2) is 9.97 Å². The van der Waals surface area contributed by atoms with Crippen LogP contribution in [0.4, 0.5) is 23.0 Å². The van der Waals surface area contributed by atoms with Crippen LogP contribution in [0.1, 0.15) is 6.92 Å². The van der Waals surface area contributed by atoms with Crippen molar-refractivity contribution in [1.82, 2.24) is 9.97 Å². The Bertz CT molecular complexity index is 947. The fourth-order valence-electron chi connectivity index (χ4n) is 2.57. The zero-order valence-corrected chi connectivity index (χ0v) is 16.3. The van der Waals surface area contributed by atoms with Crippen LogP contribution in [0.5, 0.6) is 11.5 Å². The number of methoxy groups -OCH3 is 1. The molecule has 3 rings (SSSR count). The summed E-state index contributed by atoms with van der Waals surface area (Å²) in [5.74, 6) is 2.76. The average Bonchev–Trinajstić information content (AvgIpc) is 2.72. The second-order valence-corrected chi connectivity index (χ2v) is 6.13. The second-order valence-electron chi connectivity index (χ2n) is 6.13. The van der Waals surface area contributed by atoms with Crippen molar-refractivity contribution in [2.45, 2.75) is 6.92 Å². The minimum atomic E-state index is -0.118. The Balaban J connectivity index is 1.50. The molecule has 0 saturated carbocycles. The van der Waals surface area contributed by atoms with E-state index in [4.69, 9.17) is 9.47 Å². The molecule has 150 valence electrons. The molecule has 0 bridgehead atoms. The van der Waals surface area contributed by atoms with Crippen molar-refractivity contribution in [1.29, 1.82) is 0 Å². The maximum atomic E-state index is 11.2. The number of anilines is 4. The summed E-state index contributed by atoms with van der Waals surface area (Å²) in [5.41, 5.74) is 1.52. The first-order valence-corrected chi connectivity index (χ1v) is 9.10. The molecule has 0 spiro atoms. The summed E-state index contributed by atoms with van der Waals surface area (Å²) in [6.07, 6.45) is 1.48. The van der Waals surface area contributed by atoms with E-state index in [1.54, 1.807) is 13.2 Å². The molecule has 3 aromatic rings. The molecule has 0 radical (unpaired) electrons. The van der Waals surface area contributed by atoms with Gasteiger partial charge in [0.1, 0.15) is 36.1 Å². The fourth-order valence-corrected chi connectivity index (χ4v) is 2.57.